The topological polar surface area (TPSA) is 91.1 Å². The average molecular weight is 593 g/mol. The van der Waals surface area contributed by atoms with E-state index in [2.05, 4.69) is 0 Å². The molecule has 0 aliphatic carbocycles. The van der Waals surface area contributed by atoms with Gasteiger partial charge in [0.05, 0.1) is 22.6 Å². The van der Waals surface area contributed by atoms with Crippen LogP contribution in [0, 0.1) is 5.92 Å². The van der Waals surface area contributed by atoms with Gasteiger partial charge in [-0.1, -0.05) is 24.0 Å². The van der Waals surface area contributed by atoms with Crippen molar-refractivity contribution in [2.24, 2.45) is 5.92 Å². The number of benzene rings is 1. The van der Waals surface area contributed by atoms with Crippen LogP contribution in [0.5, 0.6) is 0 Å². The third kappa shape index (κ3) is 6.70. The summed E-state index contributed by atoms with van der Waals surface area (Å²) in [5.74, 6) is -3.20. The lowest BCUT2D eigenvalue weighted by atomic mass is 10.0. The number of hydrogen-bond acceptors (Lipinski definition) is 7. The summed E-state index contributed by atoms with van der Waals surface area (Å²) in [6, 6.07) is 3.63. The number of furan rings is 1. The van der Waals surface area contributed by atoms with Crippen LogP contribution in [0.15, 0.2) is 39.7 Å². The molecule has 1 N–H and O–H groups in total. The Labute approximate surface area is 226 Å². The molecule has 0 radical (unpaired) electrons. The number of Topliss-reactive ketones (excluding diaryl/α,β-unsaturated/α-hetero) is 1. The zero-order valence-corrected chi connectivity index (χ0v) is 21.3. The summed E-state index contributed by atoms with van der Waals surface area (Å²) >= 11 is 6.26. The minimum atomic E-state index is -5.01. The fourth-order valence-corrected chi connectivity index (χ4v) is 5.46. The summed E-state index contributed by atoms with van der Waals surface area (Å²) in [6.45, 7) is 0.873. The van der Waals surface area contributed by atoms with Crippen molar-refractivity contribution in [2.45, 2.75) is 18.8 Å². The molecule has 1 amide bonds. The number of thiocarbonyl (C=S) groups is 1. The monoisotopic (exact) mass is 592 g/mol. The highest BCUT2D eigenvalue weighted by molar-refractivity contribution is 8.26. The molecule has 2 aliphatic rings. The zero-order chi connectivity index (χ0) is 28.7. The lowest BCUT2D eigenvalue weighted by molar-refractivity contribution is -0.149. The van der Waals surface area contributed by atoms with Crippen molar-refractivity contribution < 1.29 is 50.2 Å². The van der Waals surface area contributed by atoms with Gasteiger partial charge in [-0.25, -0.2) is 4.79 Å². The molecule has 1 aromatic heterocycles. The van der Waals surface area contributed by atoms with Gasteiger partial charge in [0.2, 0.25) is 0 Å². The van der Waals surface area contributed by atoms with E-state index in [9.17, 15) is 40.7 Å². The van der Waals surface area contributed by atoms with Gasteiger partial charge in [-0.15, -0.1) is 0 Å². The number of rotatable bonds is 7. The van der Waals surface area contributed by atoms with E-state index in [-0.39, 0.29) is 45.8 Å². The number of likely N-dealkylation sites (tertiary alicyclic amines) is 1. The molecule has 0 saturated carbocycles. The largest absolute Gasteiger partial charge is 0.475 e. The SMILES string of the molecule is O=C(O)C(=O)CN1CCC(CN2C(=O)/C(=C/c3ccc(-c4cc(C(F)(F)F)cc(C(F)(F)F)c4)o3)SC2=S)C1. The Morgan fingerprint density at radius 2 is 1.74 bits per heavy atom. The van der Waals surface area contributed by atoms with E-state index in [4.69, 9.17) is 21.7 Å². The quantitative estimate of drug-likeness (QED) is 0.204. The maximum atomic E-state index is 13.2. The average Bonchev–Trinajstić information content (AvgIpc) is 3.55. The molecule has 2 aliphatic heterocycles. The molecule has 0 bridgehead atoms. The van der Waals surface area contributed by atoms with Crippen LogP contribution < -0.4 is 0 Å². The molecule has 4 rings (SSSR count). The van der Waals surface area contributed by atoms with Crippen molar-refractivity contribution in [1.82, 2.24) is 9.80 Å². The van der Waals surface area contributed by atoms with Crippen molar-refractivity contribution in [3.63, 3.8) is 0 Å². The second kappa shape index (κ2) is 10.8. The highest BCUT2D eigenvalue weighted by atomic mass is 32.2. The Bertz CT molecular complexity index is 1340. The number of alkyl halides is 6. The zero-order valence-electron chi connectivity index (χ0n) is 19.6. The summed E-state index contributed by atoms with van der Waals surface area (Å²) < 4.78 is 84.9. The first-order valence-corrected chi connectivity index (χ1v) is 12.5. The van der Waals surface area contributed by atoms with Crippen LogP contribution in [-0.4, -0.2) is 63.1 Å². The summed E-state index contributed by atoms with van der Waals surface area (Å²) in [6.07, 6.45) is -8.11. The summed E-state index contributed by atoms with van der Waals surface area (Å²) in [4.78, 5) is 38.3. The molecule has 2 aromatic rings. The minimum absolute atomic E-state index is 0.0201. The third-order valence-corrected chi connectivity index (χ3v) is 7.44. The molecule has 7 nitrogen and oxygen atoms in total. The molecular weight excluding hydrogens is 574 g/mol. The molecule has 0 spiro atoms. The third-order valence-electron chi connectivity index (χ3n) is 6.06. The van der Waals surface area contributed by atoms with E-state index in [1.807, 2.05) is 0 Å². The molecule has 2 saturated heterocycles. The number of carbonyl (C=O) groups excluding carboxylic acids is 2. The fourth-order valence-electron chi connectivity index (χ4n) is 4.20. The molecular formula is C24H18F6N2O5S2. The second-order valence-corrected chi connectivity index (χ2v) is 10.6. The predicted octanol–water partition coefficient (Wildman–Crippen LogP) is 5.16. The van der Waals surface area contributed by atoms with Gasteiger partial charge in [0.15, 0.2) is 0 Å². The van der Waals surface area contributed by atoms with E-state index in [1.165, 1.54) is 23.1 Å². The smallest absolute Gasteiger partial charge is 0.416 e. The summed E-state index contributed by atoms with van der Waals surface area (Å²) in [5.41, 5.74) is -3.40. The number of thioether (sulfide) groups is 1. The number of ketones is 1. The van der Waals surface area contributed by atoms with Gasteiger partial charge in [-0.05, 0) is 49.2 Å². The number of carbonyl (C=O) groups is 3. The van der Waals surface area contributed by atoms with Crippen LogP contribution in [0.2, 0.25) is 0 Å². The van der Waals surface area contributed by atoms with Crippen LogP contribution in [0.3, 0.4) is 0 Å². The molecule has 39 heavy (non-hydrogen) atoms. The predicted molar refractivity (Wildman–Crippen MR) is 131 cm³/mol. The maximum absolute atomic E-state index is 13.2. The standard InChI is InChI=1S/C24H18F6N2O5S2/c25-23(26,27)14-5-13(6-15(7-14)24(28,29)30)18-2-1-16(37-18)8-19-20(34)32(22(38)39-19)10-12-3-4-31(9-12)11-17(33)21(35)36/h1-2,5-8,12H,3-4,9-11H2,(H,35,36)/b19-8-. The Morgan fingerprint density at radius 3 is 2.33 bits per heavy atom. The van der Waals surface area contributed by atoms with Crippen molar-refractivity contribution in [2.75, 3.05) is 26.2 Å². The van der Waals surface area contributed by atoms with Gasteiger partial charge in [0, 0.05) is 24.7 Å². The lowest BCUT2D eigenvalue weighted by Crippen LogP contribution is -2.36. The van der Waals surface area contributed by atoms with E-state index in [0.717, 1.165) is 11.8 Å². The van der Waals surface area contributed by atoms with Gasteiger partial charge >= 0.3 is 18.3 Å². The Balaban J connectivity index is 1.48. The highest BCUT2D eigenvalue weighted by Gasteiger charge is 2.38. The van der Waals surface area contributed by atoms with Gasteiger partial charge in [-0.3, -0.25) is 19.4 Å². The molecule has 15 heteroatoms. The number of amides is 1. The molecule has 3 heterocycles. The minimum Gasteiger partial charge on any atom is -0.475 e. The first-order chi connectivity index (χ1) is 18.1. The molecule has 1 atom stereocenters. The first kappa shape index (κ1) is 28.8. The Morgan fingerprint density at radius 1 is 1.10 bits per heavy atom. The second-order valence-electron chi connectivity index (χ2n) is 8.91. The Kier molecular flexibility index (Phi) is 7.96. The number of hydrogen-bond donors (Lipinski definition) is 1. The van der Waals surface area contributed by atoms with Crippen LogP contribution in [-0.2, 0) is 26.7 Å². The van der Waals surface area contributed by atoms with E-state index in [1.54, 1.807) is 4.90 Å². The van der Waals surface area contributed by atoms with Crippen LogP contribution >= 0.6 is 24.0 Å². The van der Waals surface area contributed by atoms with Crippen molar-refractivity contribution >= 4 is 52.0 Å². The fraction of sp³-hybridized carbons (Fsp3) is 0.333. The van der Waals surface area contributed by atoms with Gasteiger partial charge in [0.1, 0.15) is 15.8 Å². The van der Waals surface area contributed by atoms with E-state index < -0.39 is 46.7 Å². The first-order valence-electron chi connectivity index (χ1n) is 11.3. The van der Waals surface area contributed by atoms with Crippen LogP contribution in [0.25, 0.3) is 17.4 Å². The normalized spacial score (nSPS) is 19.9. The molecule has 1 aromatic carbocycles. The molecule has 2 fully saturated rings. The van der Waals surface area contributed by atoms with Gasteiger partial charge in [-0.2, -0.15) is 26.3 Å². The van der Waals surface area contributed by atoms with Gasteiger partial charge in [0.25, 0.3) is 11.7 Å². The van der Waals surface area contributed by atoms with Crippen molar-refractivity contribution in [3.8, 4) is 11.3 Å². The van der Waals surface area contributed by atoms with Crippen LogP contribution in [0.4, 0.5) is 26.3 Å². The van der Waals surface area contributed by atoms with Crippen molar-refractivity contribution in [1.29, 1.82) is 0 Å². The highest BCUT2D eigenvalue weighted by Crippen LogP contribution is 2.40. The summed E-state index contributed by atoms with van der Waals surface area (Å²) in [5, 5.41) is 8.76. The maximum Gasteiger partial charge on any atom is 0.416 e. The van der Waals surface area contributed by atoms with Crippen molar-refractivity contribution in [3.05, 3.63) is 52.1 Å². The Hall–Kier alpha value is -3.17. The summed E-state index contributed by atoms with van der Waals surface area (Å²) in [7, 11) is 0. The van der Waals surface area contributed by atoms with Crippen LogP contribution in [0.1, 0.15) is 23.3 Å². The molecule has 1 unspecified atom stereocenters. The van der Waals surface area contributed by atoms with E-state index >= 15 is 0 Å². The lowest BCUT2D eigenvalue weighted by Gasteiger charge is -2.19. The van der Waals surface area contributed by atoms with E-state index in [0.29, 0.717) is 31.6 Å². The van der Waals surface area contributed by atoms with Gasteiger partial charge < -0.3 is 9.52 Å². The number of nitrogens with zero attached hydrogens (tertiary/aromatic N) is 2. The number of carboxylic acid groups (broad SMARTS) is 1. The number of halogens is 6. The number of aliphatic carboxylic acids is 1. The molecule has 208 valence electrons. The number of carboxylic acids is 1.